The lowest BCUT2D eigenvalue weighted by Gasteiger charge is -2.02. The number of nitrogens with zero attached hydrogens (tertiary/aromatic N) is 2. The van der Waals surface area contributed by atoms with Crippen LogP contribution < -0.4 is 5.43 Å². The molecule has 1 rings (SSSR count). The minimum Gasteiger partial charge on any atom is -0.308 e. The molecule has 1 N–H and O–H groups in total. The third kappa shape index (κ3) is 7.43. The topological polar surface area (TPSA) is 27.6 Å². The Balaban J connectivity index is 0. The third-order valence-electron chi connectivity index (χ3n) is 0.663. The molecule has 0 radical (unpaired) electrons. The molecular weight excluding hydrogens is 126 g/mol. The zero-order valence-electron chi connectivity index (χ0n) is 7.68. The summed E-state index contributed by atoms with van der Waals surface area (Å²) in [6.07, 6.45) is 1.68. The van der Waals surface area contributed by atoms with E-state index < -0.39 is 0 Å². The molecule has 62 valence electrons. The number of aliphatic imine (C=N–C) groups is 1. The highest BCUT2D eigenvalue weighted by Crippen LogP contribution is 1.78. The van der Waals surface area contributed by atoms with E-state index in [4.69, 9.17) is 0 Å². The van der Waals surface area contributed by atoms with Gasteiger partial charge in [0.15, 0.2) is 0 Å². The van der Waals surface area contributed by atoms with Crippen LogP contribution in [-0.2, 0) is 0 Å². The van der Waals surface area contributed by atoms with Crippen LogP contribution in [0.1, 0.15) is 27.7 Å². The Kier molecular flexibility index (Phi) is 13.7. The summed E-state index contributed by atoms with van der Waals surface area (Å²) >= 11 is 0. The van der Waals surface area contributed by atoms with Crippen molar-refractivity contribution in [3.8, 4) is 0 Å². The Labute approximate surface area is 64.1 Å². The van der Waals surface area contributed by atoms with E-state index in [1.54, 1.807) is 6.34 Å². The fourth-order valence-electron chi connectivity index (χ4n) is 0.344. The van der Waals surface area contributed by atoms with Crippen molar-refractivity contribution in [2.75, 3.05) is 13.7 Å². The van der Waals surface area contributed by atoms with Gasteiger partial charge in [-0.1, -0.05) is 27.7 Å². The van der Waals surface area contributed by atoms with E-state index in [1.807, 2.05) is 39.8 Å². The summed E-state index contributed by atoms with van der Waals surface area (Å²) in [7, 11) is 1.94. The minimum atomic E-state index is 0.778. The molecule has 0 saturated carbocycles. The number of nitrogens with one attached hydrogen (secondary N) is 1. The molecule has 0 bridgehead atoms. The minimum absolute atomic E-state index is 0.778. The lowest BCUT2D eigenvalue weighted by Crippen LogP contribution is -2.26. The summed E-state index contributed by atoms with van der Waals surface area (Å²) in [6, 6.07) is 0. The Morgan fingerprint density at radius 1 is 1.30 bits per heavy atom. The van der Waals surface area contributed by atoms with Crippen LogP contribution in [0.2, 0.25) is 0 Å². The molecule has 0 saturated heterocycles. The Morgan fingerprint density at radius 3 is 1.90 bits per heavy atom. The molecule has 3 heteroatoms. The lowest BCUT2D eigenvalue weighted by molar-refractivity contribution is 0.333. The van der Waals surface area contributed by atoms with Gasteiger partial charge in [0.2, 0.25) is 0 Å². The van der Waals surface area contributed by atoms with E-state index in [2.05, 4.69) is 10.4 Å². The Hall–Kier alpha value is -0.570. The van der Waals surface area contributed by atoms with Crippen LogP contribution in [0, 0.1) is 0 Å². The smallest absolute Gasteiger partial charge is 0.110 e. The molecule has 0 aromatic heterocycles. The van der Waals surface area contributed by atoms with Crippen molar-refractivity contribution < 1.29 is 0 Å². The van der Waals surface area contributed by atoms with E-state index in [0.717, 1.165) is 6.67 Å². The van der Waals surface area contributed by atoms with Crippen molar-refractivity contribution in [1.29, 1.82) is 0 Å². The molecule has 0 spiro atoms. The molecule has 3 nitrogen and oxygen atoms in total. The molecule has 0 amide bonds. The second kappa shape index (κ2) is 11.3. The van der Waals surface area contributed by atoms with Gasteiger partial charge in [-0.05, 0) is 0 Å². The average molecular weight is 145 g/mol. The summed E-state index contributed by atoms with van der Waals surface area (Å²) in [5.41, 5.74) is 2.86. The van der Waals surface area contributed by atoms with Gasteiger partial charge in [0.25, 0.3) is 0 Å². The molecule has 10 heavy (non-hydrogen) atoms. The number of hydrogen-bond acceptors (Lipinski definition) is 3. The first-order valence-corrected chi connectivity index (χ1v) is 3.85. The van der Waals surface area contributed by atoms with Crippen molar-refractivity contribution in [2.24, 2.45) is 4.99 Å². The molecule has 0 unspecified atom stereocenters. The van der Waals surface area contributed by atoms with Gasteiger partial charge in [0.05, 0.1) is 6.34 Å². The van der Waals surface area contributed by atoms with Crippen molar-refractivity contribution in [2.45, 2.75) is 27.7 Å². The SMILES string of the molecule is CC.CC.CN1CN=CN1. The second-order valence-corrected chi connectivity index (χ2v) is 1.28. The van der Waals surface area contributed by atoms with Crippen LogP contribution in [0.4, 0.5) is 0 Å². The van der Waals surface area contributed by atoms with Crippen molar-refractivity contribution >= 4 is 6.34 Å². The quantitative estimate of drug-likeness (QED) is 0.559. The molecule has 1 heterocycles. The standard InChI is InChI=1S/C3H7N3.2C2H6/c1-6-3-4-2-5-6;2*1-2/h2H,3H2,1H3,(H,4,5);2*1-2H3. The number of hydrogen-bond donors (Lipinski definition) is 1. The lowest BCUT2D eigenvalue weighted by atomic mass is 11.0. The monoisotopic (exact) mass is 145 g/mol. The number of rotatable bonds is 0. The van der Waals surface area contributed by atoms with Gasteiger partial charge < -0.3 is 5.43 Å². The zero-order valence-corrected chi connectivity index (χ0v) is 7.68. The van der Waals surface area contributed by atoms with E-state index in [9.17, 15) is 0 Å². The molecule has 1 aliphatic heterocycles. The van der Waals surface area contributed by atoms with Crippen LogP contribution in [0.25, 0.3) is 0 Å². The normalized spacial score (nSPS) is 14.1. The van der Waals surface area contributed by atoms with Gasteiger partial charge in [-0.3, -0.25) is 4.99 Å². The molecular formula is C7H19N3. The summed E-state index contributed by atoms with van der Waals surface area (Å²) in [5, 5.41) is 1.89. The van der Waals surface area contributed by atoms with E-state index in [1.165, 1.54) is 0 Å². The summed E-state index contributed by atoms with van der Waals surface area (Å²) in [6.45, 7) is 8.78. The van der Waals surface area contributed by atoms with Crippen LogP contribution in [0.3, 0.4) is 0 Å². The third-order valence-corrected chi connectivity index (χ3v) is 0.663. The molecule has 0 atom stereocenters. The van der Waals surface area contributed by atoms with Gasteiger partial charge in [-0.15, -0.1) is 0 Å². The zero-order chi connectivity index (χ0) is 8.41. The van der Waals surface area contributed by atoms with Crippen molar-refractivity contribution in [3.05, 3.63) is 0 Å². The summed E-state index contributed by atoms with van der Waals surface area (Å²) in [4.78, 5) is 3.85. The maximum Gasteiger partial charge on any atom is 0.110 e. The van der Waals surface area contributed by atoms with Gasteiger partial charge in [-0.25, -0.2) is 5.01 Å². The fourth-order valence-corrected chi connectivity index (χ4v) is 0.344. The predicted molar refractivity (Wildman–Crippen MR) is 47.0 cm³/mol. The van der Waals surface area contributed by atoms with Gasteiger partial charge in [0.1, 0.15) is 6.67 Å². The van der Waals surface area contributed by atoms with E-state index >= 15 is 0 Å². The van der Waals surface area contributed by atoms with Crippen LogP contribution in [0.15, 0.2) is 4.99 Å². The Bertz CT molecular complexity index is 63.3. The van der Waals surface area contributed by atoms with Gasteiger partial charge in [0, 0.05) is 7.05 Å². The van der Waals surface area contributed by atoms with Crippen LogP contribution in [-0.4, -0.2) is 25.1 Å². The van der Waals surface area contributed by atoms with E-state index in [0.29, 0.717) is 0 Å². The molecule has 0 fully saturated rings. The van der Waals surface area contributed by atoms with Gasteiger partial charge >= 0.3 is 0 Å². The van der Waals surface area contributed by atoms with Crippen molar-refractivity contribution in [3.63, 3.8) is 0 Å². The molecule has 0 aromatic carbocycles. The maximum absolute atomic E-state index is 3.85. The average Bonchev–Trinajstić information content (AvgIpc) is 2.48. The largest absolute Gasteiger partial charge is 0.308 e. The highest BCUT2D eigenvalue weighted by molar-refractivity contribution is 5.54. The molecule has 0 aromatic rings. The molecule has 1 aliphatic rings. The Morgan fingerprint density at radius 2 is 1.80 bits per heavy atom. The molecule has 0 aliphatic carbocycles. The first-order valence-electron chi connectivity index (χ1n) is 3.85. The second-order valence-electron chi connectivity index (χ2n) is 1.28. The highest BCUT2D eigenvalue weighted by Gasteiger charge is 1.93. The van der Waals surface area contributed by atoms with Crippen LogP contribution in [0.5, 0.6) is 0 Å². The highest BCUT2D eigenvalue weighted by atomic mass is 15.5. The van der Waals surface area contributed by atoms with Crippen LogP contribution >= 0.6 is 0 Å². The first kappa shape index (κ1) is 12.1. The summed E-state index contributed by atoms with van der Waals surface area (Å²) in [5.74, 6) is 0. The summed E-state index contributed by atoms with van der Waals surface area (Å²) < 4.78 is 0. The predicted octanol–water partition coefficient (Wildman–Crippen LogP) is 1.47. The van der Waals surface area contributed by atoms with E-state index in [-0.39, 0.29) is 0 Å². The van der Waals surface area contributed by atoms with Gasteiger partial charge in [-0.2, -0.15) is 0 Å². The number of hydrazine groups is 1. The first-order chi connectivity index (χ1) is 4.89. The fraction of sp³-hybridized carbons (Fsp3) is 0.857. The maximum atomic E-state index is 3.85. The van der Waals surface area contributed by atoms with Crippen molar-refractivity contribution in [1.82, 2.24) is 10.4 Å².